The number of aromatic nitrogens is 3. The molecule has 0 fully saturated rings. The summed E-state index contributed by atoms with van der Waals surface area (Å²) in [6.45, 7) is 4.54. The Morgan fingerprint density at radius 1 is 0.400 bits per heavy atom. The number of para-hydroxylation sites is 2. The number of furan rings is 1. The molecule has 0 bridgehead atoms. The maximum Gasteiger partial charge on any atom is 0.178 e. The Labute approximate surface area is 346 Å². The molecule has 0 saturated heterocycles. The number of hydrogen-bond donors (Lipinski definition) is 0. The van der Waals surface area contributed by atoms with Crippen molar-refractivity contribution in [3.63, 3.8) is 0 Å². The maximum absolute atomic E-state index is 6.64. The minimum absolute atomic E-state index is 0.119. The highest BCUT2D eigenvalue weighted by atomic mass is 16.6. The van der Waals surface area contributed by atoms with Crippen molar-refractivity contribution >= 4 is 21.9 Å². The van der Waals surface area contributed by atoms with E-state index in [0.29, 0.717) is 29.0 Å². The SMILES string of the molecule is CC1(C)c2ccccc2-c2c1ccc1c2Oc2ccc(-c3ccc(-c4nc(-c5ccccc5)nc(-c5ccc(-c6cccc7c6oc6ccccc67)cc5)n4)cc3)cc2O1. The van der Waals surface area contributed by atoms with Crippen LogP contribution in [0.3, 0.4) is 0 Å². The minimum atomic E-state index is -0.119. The summed E-state index contributed by atoms with van der Waals surface area (Å²) in [6.07, 6.45) is 0. The molecule has 12 rings (SSSR count). The predicted octanol–water partition coefficient (Wildman–Crippen LogP) is 14.3. The lowest BCUT2D eigenvalue weighted by Gasteiger charge is -2.25. The second-order valence-corrected chi connectivity index (χ2v) is 16.0. The standard InChI is InChI=1S/C54H35N3O3/c1-54(2)42-17-8-6-14-41(42)48-43(54)28-30-46-50(48)60-45-29-27-37(31-47(45)58-46)32-19-23-35(24-20-32)52-55-51(34-11-4-3-5-12-34)56-53(57-52)36-25-21-33(22-26-36)38-15-10-16-40-39-13-7-9-18-44(39)59-49(38)40/h3-31H,1-2H3. The van der Waals surface area contributed by atoms with Crippen molar-refractivity contribution in [1.29, 1.82) is 0 Å². The lowest BCUT2D eigenvalue weighted by Crippen LogP contribution is -2.15. The molecule has 284 valence electrons. The first-order valence-electron chi connectivity index (χ1n) is 20.2. The van der Waals surface area contributed by atoms with Crippen LogP contribution in [0.5, 0.6) is 23.0 Å². The van der Waals surface area contributed by atoms with E-state index in [-0.39, 0.29) is 5.41 Å². The zero-order chi connectivity index (χ0) is 40.0. The molecule has 0 N–H and O–H groups in total. The molecule has 0 spiro atoms. The normalized spacial score (nSPS) is 13.2. The van der Waals surface area contributed by atoms with Crippen LogP contribution in [0.4, 0.5) is 0 Å². The van der Waals surface area contributed by atoms with Gasteiger partial charge in [-0.05, 0) is 57.6 Å². The van der Waals surface area contributed by atoms with Crippen LogP contribution < -0.4 is 9.47 Å². The lowest BCUT2D eigenvalue weighted by atomic mass is 9.82. The van der Waals surface area contributed by atoms with Gasteiger partial charge in [-0.3, -0.25) is 0 Å². The van der Waals surface area contributed by atoms with Gasteiger partial charge in [0.25, 0.3) is 0 Å². The first-order chi connectivity index (χ1) is 29.5. The quantitative estimate of drug-likeness (QED) is 0.173. The van der Waals surface area contributed by atoms with Gasteiger partial charge in [-0.15, -0.1) is 0 Å². The number of rotatable bonds is 5. The van der Waals surface area contributed by atoms with Crippen LogP contribution in [0.2, 0.25) is 0 Å². The van der Waals surface area contributed by atoms with Crippen LogP contribution >= 0.6 is 0 Å². The van der Waals surface area contributed by atoms with Gasteiger partial charge in [0.15, 0.2) is 40.5 Å². The summed E-state index contributed by atoms with van der Waals surface area (Å²) in [7, 11) is 0. The van der Waals surface area contributed by atoms with E-state index in [2.05, 4.69) is 123 Å². The lowest BCUT2D eigenvalue weighted by molar-refractivity contribution is 0.360. The van der Waals surface area contributed by atoms with E-state index >= 15 is 0 Å². The highest BCUT2D eigenvalue weighted by Crippen LogP contribution is 2.58. The van der Waals surface area contributed by atoms with Gasteiger partial charge in [-0.1, -0.05) is 166 Å². The third-order valence-corrected chi connectivity index (χ3v) is 12.0. The van der Waals surface area contributed by atoms with Crippen LogP contribution in [0.15, 0.2) is 180 Å². The molecule has 0 radical (unpaired) electrons. The number of hydrogen-bond acceptors (Lipinski definition) is 6. The molecule has 0 saturated carbocycles. The summed E-state index contributed by atoms with van der Waals surface area (Å²) in [5, 5.41) is 2.22. The van der Waals surface area contributed by atoms with Crippen LogP contribution in [-0.4, -0.2) is 15.0 Å². The first kappa shape index (κ1) is 34.2. The largest absolute Gasteiger partial charge is 0.455 e. The fourth-order valence-corrected chi connectivity index (χ4v) is 8.94. The Morgan fingerprint density at radius 3 is 1.75 bits per heavy atom. The predicted molar refractivity (Wildman–Crippen MR) is 238 cm³/mol. The monoisotopic (exact) mass is 773 g/mol. The Balaban J connectivity index is 0.860. The fourth-order valence-electron chi connectivity index (χ4n) is 8.94. The average molecular weight is 774 g/mol. The van der Waals surface area contributed by atoms with Crippen LogP contribution in [-0.2, 0) is 5.41 Å². The molecule has 0 atom stereocenters. The third kappa shape index (κ3) is 5.38. The molecule has 3 heterocycles. The molecule has 10 aromatic rings. The smallest absolute Gasteiger partial charge is 0.178 e. The molecule has 1 aliphatic heterocycles. The van der Waals surface area contributed by atoms with Crippen molar-refractivity contribution in [2.75, 3.05) is 0 Å². The Morgan fingerprint density at radius 2 is 0.983 bits per heavy atom. The van der Waals surface area contributed by atoms with Crippen molar-refractivity contribution in [3.05, 3.63) is 187 Å². The number of ether oxygens (including phenoxy) is 2. The zero-order valence-electron chi connectivity index (χ0n) is 32.8. The van der Waals surface area contributed by atoms with Gasteiger partial charge in [0.1, 0.15) is 11.2 Å². The Bertz CT molecular complexity index is 3330. The summed E-state index contributed by atoms with van der Waals surface area (Å²) in [4.78, 5) is 15.0. The van der Waals surface area contributed by atoms with Crippen LogP contribution in [0.25, 0.3) is 89.5 Å². The van der Waals surface area contributed by atoms with Gasteiger partial charge in [0.2, 0.25) is 0 Å². The Kier molecular flexibility index (Phi) is 7.47. The van der Waals surface area contributed by atoms with E-state index in [1.165, 1.54) is 16.7 Å². The molecule has 2 aromatic heterocycles. The Hall–Kier alpha value is -7.83. The molecule has 8 aromatic carbocycles. The molecule has 0 unspecified atom stereocenters. The van der Waals surface area contributed by atoms with Crippen molar-refractivity contribution in [2.24, 2.45) is 0 Å². The number of benzene rings is 8. The van der Waals surface area contributed by atoms with Gasteiger partial charge in [0.05, 0.1) is 0 Å². The third-order valence-electron chi connectivity index (χ3n) is 12.0. The molecule has 6 nitrogen and oxygen atoms in total. The number of nitrogens with zero attached hydrogens (tertiary/aromatic N) is 3. The van der Waals surface area contributed by atoms with Crippen LogP contribution in [0, 0.1) is 0 Å². The van der Waals surface area contributed by atoms with E-state index in [9.17, 15) is 0 Å². The zero-order valence-corrected chi connectivity index (χ0v) is 32.8. The van der Waals surface area contributed by atoms with E-state index < -0.39 is 0 Å². The molecule has 1 aliphatic carbocycles. The number of fused-ring (bicyclic) bond motifs is 9. The van der Waals surface area contributed by atoms with Crippen LogP contribution in [0.1, 0.15) is 25.0 Å². The van der Waals surface area contributed by atoms with Crippen molar-refractivity contribution < 1.29 is 13.9 Å². The van der Waals surface area contributed by atoms with E-state index in [4.69, 9.17) is 28.8 Å². The highest BCUT2D eigenvalue weighted by molar-refractivity contribution is 6.09. The molecule has 6 heteroatoms. The molecular weight excluding hydrogens is 739 g/mol. The van der Waals surface area contributed by atoms with Gasteiger partial charge < -0.3 is 13.9 Å². The molecule has 2 aliphatic rings. The topological polar surface area (TPSA) is 70.3 Å². The van der Waals surface area contributed by atoms with Gasteiger partial charge in [0, 0.05) is 44.0 Å². The maximum atomic E-state index is 6.64. The first-order valence-corrected chi connectivity index (χ1v) is 20.2. The second kappa shape index (κ2) is 13.1. The summed E-state index contributed by atoms with van der Waals surface area (Å²) in [5.74, 6) is 4.69. The summed E-state index contributed by atoms with van der Waals surface area (Å²) >= 11 is 0. The van der Waals surface area contributed by atoms with Gasteiger partial charge in [-0.25, -0.2) is 15.0 Å². The second-order valence-electron chi connectivity index (χ2n) is 16.0. The fraction of sp³-hybridized carbons (Fsp3) is 0.0556. The highest BCUT2D eigenvalue weighted by Gasteiger charge is 2.39. The van der Waals surface area contributed by atoms with E-state index in [0.717, 1.165) is 77.9 Å². The van der Waals surface area contributed by atoms with Crippen molar-refractivity contribution in [2.45, 2.75) is 19.3 Å². The van der Waals surface area contributed by atoms with Crippen molar-refractivity contribution in [1.82, 2.24) is 15.0 Å². The molecule has 60 heavy (non-hydrogen) atoms. The van der Waals surface area contributed by atoms with Crippen molar-refractivity contribution in [3.8, 4) is 90.5 Å². The average Bonchev–Trinajstić information content (AvgIpc) is 3.80. The molecular formula is C54H35N3O3. The van der Waals surface area contributed by atoms with Gasteiger partial charge >= 0.3 is 0 Å². The van der Waals surface area contributed by atoms with Gasteiger partial charge in [-0.2, -0.15) is 0 Å². The van der Waals surface area contributed by atoms with E-state index in [1.54, 1.807) is 0 Å². The summed E-state index contributed by atoms with van der Waals surface area (Å²) in [6, 6.07) is 60.1. The molecule has 0 amide bonds. The minimum Gasteiger partial charge on any atom is -0.455 e. The summed E-state index contributed by atoms with van der Waals surface area (Å²) in [5.41, 5.74) is 13.3. The van der Waals surface area contributed by atoms with E-state index in [1.807, 2.05) is 66.7 Å². The summed E-state index contributed by atoms with van der Waals surface area (Å²) < 4.78 is 19.5.